The molecule has 3 atom stereocenters. The Bertz CT molecular complexity index is 772. The van der Waals surface area contributed by atoms with Crippen molar-refractivity contribution in [2.24, 2.45) is 0 Å². The van der Waals surface area contributed by atoms with Crippen molar-refractivity contribution in [2.45, 2.75) is 30.9 Å². The Morgan fingerprint density at radius 1 is 1.24 bits per heavy atom. The zero-order valence-corrected chi connectivity index (χ0v) is 17.6. The van der Waals surface area contributed by atoms with E-state index in [9.17, 15) is 14.4 Å². The van der Waals surface area contributed by atoms with E-state index in [0.717, 1.165) is 5.69 Å². The minimum Gasteiger partial charge on any atom is -0.479 e. The summed E-state index contributed by atoms with van der Waals surface area (Å²) in [5, 5.41) is 12.0. The second-order valence-electron chi connectivity index (χ2n) is 6.85. The SMILES string of the molecule is CCC(NC(=O)C1OC1C(=O)O)SCC(=O)N1CCN(c2ccccc2Cl)CC1. The number of epoxide rings is 1. The molecule has 2 heterocycles. The minimum absolute atomic E-state index is 0.0209. The van der Waals surface area contributed by atoms with E-state index in [1.807, 2.05) is 36.1 Å². The zero-order valence-electron chi connectivity index (χ0n) is 16.0. The number of carboxylic acid groups (broad SMARTS) is 1. The molecule has 0 aromatic heterocycles. The van der Waals surface area contributed by atoms with Gasteiger partial charge in [0.2, 0.25) is 5.91 Å². The van der Waals surface area contributed by atoms with Gasteiger partial charge in [0.15, 0.2) is 12.2 Å². The molecule has 3 rings (SSSR count). The summed E-state index contributed by atoms with van der Waals surface area (Å²) in [4.78, 5) is 39.3. The minimum atomic E-state index is -1.14. The number of benzene rings is 1. The summed E-state index contributed by atoms with van der Waals surface area (Å²) in [6.07, 6.45) is -1.38. The van der Waals surface area contributed by atoms with Gasteiger partial charge >= 0.3 is 5.97 Å². The Labute approximate surface area is 178 Å². The van der Waals surface area contributed by atoms with Crippen LogP contribution in [0.3, 0.4) is 0 Å². The van der Waals surface area contributed by atoms with Gasteiger partial charge in [-0.05, 0) is 18.6 Å². The molecule has 2 aliphatic rings. The molecule has 2 amide bonds. The largest absolute Gasteiger partial charge is 0.479 e. The van der Waals surface area contributed by atoms with Crippen molar-refractivity contribution in [3.63, 3.8) is 0 Å². The Morgan fingerprint density at radius 3 is 2.52 bits per heavy atom. The maximum Gasteiger partial charge on any atom is 0.336 e. The van der Waals surface area contributed by atoms with Crippen LogP contribution in [0.25, 0.3) is 0 Å². The highest BCUT2D eigenvalue weighted by Gasteiger charge is 2.51. The summed E-state index contributed by atoms with van der Waals surface area (Å²) in [7, 11) is 0. The molecular formula is C19H24ClN3O5S. The Morgan fingerprint density at radius 2 is 1.93 bits per heavy atom. The third-order valence-corrected chi connectivity index (χ3v) is 6.49. The van der Waals surface area contributed by atoms with Gasteiger partial charge in [0.25, 0.3) is 5.91 Å². The summed E-state index contributed by atoms with van der Waals surface area (Å²) >= 11 is 7.60. The van der Waals surface area contributed by atoms with Crippen LogP contribution in [-0.4, -0.2) is 77.3 Å². The van der Waals surface area contributed by atoms with Gasteiger partial charge in [0.05, 0.1) is 21.8 Å². The number of nitrogens with zero attached hydrogens (tertiary/aromatic N) is 2. The molecule has 3 unspecified atom stereocenters. The number of aliphatic carboxylic acids is 1. The highest BCUT2D eigenvalue weighted by atomic mass is 35.5. The molecule has 0 bridgehead atoms. The molecule has 0 saturated carbocycles. The molecule has 0 aliphatic carbocycles. The number of halogens is 1. The number of hydrogen-bond donors (Lipinski definition) is 2. The number of amides is 2. The fourth-order valence-electron chi connectivity index (χ4n) is 3.17. The van der Waals surface area contributed by atoms with Crippen molar-refractivity contribution < 1.29 is 24.2 Å². The number of hydrogen-bond acceptors (Lipinski definition) is 6. The van der Waals surface area contributed by atoms with Gasteiger partial charge < -0.3 is 25.0 Å². The fourth-order valence-corrected chi connectivity index (χ4v) is 4.39. The van der Waals surface area contributed by atoms with Crippen LogP contribution in [0.2, 0.25) is 5.02 Å². The third kappa shape index (κ3) is 5.55. The van der Waals surface area contributed by atoms with Crippen LogP contribution in [0.4, 0.5) is 5.69 Å². The number of piperazine rings is 1. The summed E-state index contributed by atoms with van der Waals surface area (Å²) in [5.74, 6) is -1.32. The molecular weight excluding hydrogens is 418 g/mol. The van der Waals surface area contributed by atoms with Gasteiger partial charge in [-0.3, -0.25) is 9.59 Å². The average Bonchev–Trinajstić information content (AvgIpc) is 3.52. The highest BCUT2D eigenvalue weighted by Crippen LogP contribution is 2.26. The molecule has 2 aliphatic heterocycles. The summed E-state index contributed by atoms with van der Waals surface area (Å²) < 4.78 is 4.85. The van der Waals surface area contributed by atoms with Gasteiger partial charge in [0.1, 0.15) is 0 Å². The first-order valence-corrected chi connectivity index (χ1v) is 10.9. The van der Waals surface area contributed by atoms with Crippen molar-refractivity contribution in [3.05, 3.63) is 29.3 Å². The van der Waals surface area contributed by atoms with Crippen LogP contribution in [-0.2, 0) is 19.1 Å². The number of carbonyl (C=O) groups is 3. The van der Waals surface area contributed by atoms with E-state index >= 15 is 0 Å². The highest BCUT2D eigenvalue weighted by molar-refractivity contribution is 8.00. The second kappa shape index (κ2) is 9.69. The second-order valence-corrected chi connectivity index (χ2v) is 8.45. The lowest BCUT2D eigenvalue weighted by atomic mass is 10.2. The molecule has 8 nitrogen and oxygen atoms in total. The lowest BCUT2D eigenvalue weighted by Gasteiger charge is -2.36. The van der Waals surface area contributed by atoms with Gasteiger partial charge in [-0.1, -0.05) is 30.7 Å². The van der Waals surface area contributed by atoms with E-state index in [1.54, 1.807) is 0 Å². The standard InChI is InChI=1S/C19H24ClN3O5S/c1-2-14(21-18(25)16-17(28-16)19(26)27)29-11-15(24)23-9-7-22(8-10-23)13-6-4-3-5-12(13)20/h3-6,14,16-17H,2,7-11H2,1H3,(H,21,25)(H,26,27). The van der Waals surface area contributed by atoms with E-state index in [-0.39, 0.29) is 17.0 Å². The normalized spacial score (nSPS) is 22.1. The molecule has 2 saturated heterocycles. The van der Waals surface area contributed by atoms with Crippen LogP contribution in [0.1, 0.15) is 13.3 Å². The predicted molar refractivity (Wildman–Crippen MR) is 111 cm³/mol. The maximum atomic E-state index is 12.5. The molecule has 2 N–H and O–H groups in total. The van der Waals surface area contributed by atoms with Crippen LogP contribution in [0, 0.1) is 0 Å². The van der Waals surface area contributed by atoms with Crippen molar-refractivity contribution in [1.29, 1.82) is 0 Å². The molecule has 2 fully saturated rings. The zero-order chi connectivity index (χ0) is 21.0. The molecule has 29 heavy (non-hydrogen) atoms. The molecule has 1 aromatic carbocycles. The number of carboxylic acids is 1. The Kier molecular flexibility index (Phi) is 7.26. The van der Waals surface area contributed by atoms with Gasteiger partial charge in [-0.25, -0.2) is 4.79 Å². The summed E-state index contributed by atoms with van der Waals surface area (Å²) in [6.45, 7) is 4.55. The number of carbonyl (C=O) groups excluding carboxylic acids is 2. The lowest BCUT2D eigenvalue weighted by Crippen LogP contribution is -2.49. The van der Waals surface area contributed by atoms with Gasteiger partial charge in [-0.15, -0.1) is 11.8 Å². The first-order chi connectivity index (χ1) is 13.9. The molecule has 0 spiro atoms. The van der Waals surface area contributed by atoms with E-state index in [0.29, 0.717) is 37.6 Å². The van der Waals surface area contributed by atoms with Gasteiger partial charge in [0, 0.05) is 26.2 Å². The summed E-state index contributed by atoms with van der Waals surface area (Å²) in [5.41, 5.74) is 0.978. The number of ether oxygens (including phenoxy) is 1. The fraction of sp³-hybridized carbons (Fsp3) is 0.526. The monoisotopic (exact) mass is 441 g/mol. The van der Waals surface area contributed by atoms with Crippen molar-refractivity contribution in [1.82, 2.24) is 10.2 Å². The topological polar surface area (TPSA) is 102 Å². The van der Waals surface area contributed by atoms with Crippen LogP contribution in [0.15, 0.2) is 24.3 Å². The van der Waals surface area contributed by atoms with Crippen LogP contribution < -0.4 is 10.2 Å². The molecule has 158 valence electrons. The first kappa shape index (κ1) is 21.7. The van der Waals surface area contributed by atoms with E-state index in [4.69, 9.17) is 21.4 Å². The maximum absolute atomic E-state index is 12.5. The smallest absolute Gasteiger partial charge is 0.336 e. The first-order valence-electron chi connectivity index (χ1n) is 9.48. The third-order valence-electron chi connectivity index (χ3n) is 4.90. The molecule has 0 radical (unpaired) electrons. The summed E-state index contributed by atoms with van der Waals surface area (Å²) in [6, 6.07) is 7.67. The van der Waals surface area contributed by atoms with E-state index in [1.165, 1.54) is 11.8 Å². The van der Waals surface area contributed by atoms with E-state index in [2.05, 4.69) is 10.2 Å². The number of thioether (sulfide) groups is 1. The van der Waals surface area contributed by atoms with Crippen molar-refractivity contribution in [2.75, 3.05) is 36.8 Å². The van der Waals surface area contributed by atoms with Crippen LogP contribution in [0.5, 0.6) is 0 Å². The average molecular weight is 442 g/mol. The molecule has 10 heteroatoms. The molecule has 1 aromatic rings. The lowest BCUT2D eigenvalue weighted by molar-refractivity contribution is -0.138. The van der Waals surface area contributed by atoms with Gasteiger partial charge in [-0.2, -0.15) is 0 Å². The number of nitrogens with one attached hydrogen (secondary N) is 1. The van der Waals surface area contributed by atoms with Crippen LogP contribution >= 0.6 is 23.4 Å². The number of anilines is 1. The van der Waals surface area contributed by atoms with Crippen molar-refractivity contribution >= 4 is 46.8 Å². The number of rotatable bonds is 8. The quantitative estimate of drug-likeness (QED) is 0.464. The van der Waals surface area contributed by atoms with Crippen molar-refractivity contribution in [3.8, 4) is 0 Å². The predicted octanol–water partition coefficient (Wildman–Crippen LogP) is 1.43. The number of para-hydroxylation sites is 1. The Balaban J connectivity index is 1.41. The van der Waals surface area contributed by atoms with E-state index < -0.39 is 24.1 Å². The Hall–Kier alpha value is -1.97.